The van der Waals surface area contributed by atoms with Crippen molar-refractivity contribution in [2.45, 2.75) is 26.3 Å². The van der Waals surface area contributed by atoms with Crippen molar-refractivity contribution in [2.24, 2.45) is 11.7 Å². The number of aromatic hydroxyl groups is 1. The van der Waals surface area contributed by atoms with Gasteiger partial charge in [-0.1, -0.05) is 20.3 Å². The highest BCUT2D eigenvalue weighted by atomic mass is 16.5. The minimum atomic E-state index is -0.741. The van der Waals surface area contributed by atoms with Gasteiger partial charge in [0.2, 0.25) is 0 Å². The zero-order valence-corrected chi connectivity index (χ0v) is 14.1. The van der Waals surface area contributed by atoms with E-state index in [9.17, 15) is 19.9 Å². The molecule has 1 rings (SSSR count). The number of benzene rings is 1. The Morgan fingerprint density at radius 1 is 1.38 bits per heavy atom. The van der Waals surface area contributed by atoms with Crippen LogP contribution in [0.1, 0.15) is 30.6 Å². The maximum Gasteiger partial charge on any atom is 0.323 e. The molecular formula is C16H24N2O6. The molecule has 8 nitrogen and oxygen atoms in total. The average Bonchev–Trinajstić information content (AvgIpc) is 2.59. The molecule has 0 heterocycles. The Morgan fingerprint density at radius 3 is 2.58 bits per heavy atom. The highest BCUT2D eigenvalue weighted by molar-refractivity contribution is 5.94. The van der Waals surface area contributed by atoms with E-state index in [1.807, 2.05) is 13.8 Å². The second kappa shape index (κ2) is 9.09. The van der Waals surface area contributed by atoms with Crippen LogP contribution in [0.5, 0.6) is 11.5 Å². The first kappa shape index (κ1) is 19.7. The highest BCUT2D eigenvalue weighted by Crippen LogP contribution is 2.26. The molecule has 0 aliphatic carbocycles. The lowest BCUT2D eigenvalue weighted by atomic mass is 10.0. The summed E-state index contributed by atoms with van der Waals surface area (Å²) in [5.41, 5.74) is 5.79. The number of phenols is 1. The van der Waals surface area contributed by atoms with E-state index in [1.165, 1.54) is 25.3 Å². The number of carbonyl (C=O) groups is 2. The Bertz CT molecular complexity index is 578. The molecule has 0 bridgehead atoms. The number of hydrogen-bond donors (Lipinski definition) is 3. The van der Waals surface area contributed by atoms with Crippen LogP contribution in [0.4, 0.5) is 0 Å². The van der Waals surface area contributed by atoms with Gasteiger partial charge < -0.3 is 20.3 Å². The summed E-state index contributed by atoms with van der Waals surface area (Å²) in [5.74, 6) is -1.35. The summed E-state index contributed by atoms with van der Waals surface area (Å²) in [5, 5.41) is 19.8. The summed E-state index contributed by atoms with van der Waals surface area (Å²) < 4.78 is 9.83. The zero-order chi connectivity index (χ0) is 18.3. The molecular weight excluding hydrogens is 316 g/mol. The third kappa shape index (κ3) is 5.10. The Hall–Kier alpha value is -2.32. The van der Waals surface area contributed by atoms with Gasteiger partial charge in [0, 0.05) is 5.56 Å². The van der Waals surface area contributed by atoms with Gasteiger partial charge in [0.25, 0.3) is 5.91 Å². The summed E-state index contributed by atoms with van der Waals surface area (Å²) in [6, 6.07) is 3.24. The number of amides is 1. The van der Waals surface area contributed by atoms with Crippen molar-refractivity contribution in [3.8, 4) is 11.5 Å². The first-order chi connectivity index (χ1) is 11.3. The van der Waals surface area contributed by atoms with Gasteiger partial charge in [-0.2, -0.15) is 0 Å². The zero-order valence-electron chi connectivity index (χ0n) is 14.1. The Labute approximate surface area is 140 Å². The Balaban J connectivity index is 2.53. The minimum absolute atomic E-state index is 0.0216. The summed E-state index contributed by atoms with van der Waals surface area (Å²) >= 11 is 0. The molecule has 1 aromatic rings. The topological polar surface area (TPSA) is 122 Å². The molecule has 0 aromatic heterocycles. The normalized spacial score (nSPS) is 13.0. The fourth-order valence-electron chi connectivity index (χ4n) is 1.89. The number of ether oxygens (including phenoxy) is 2. The molecule has 0 saturated heterocycles. The molecule has 0 radical (unpaired) electrons. The third-order valence-corrected chi connectivity index (χ3v) is 3.74. The van der Waals surface area contributed by atoms with Crippen LogP contribution in [0, 0.1) is 5.92 Å². The number of hydrogen-bond acceptors (Lipinski definition) is 7. The molecule has 0 spiro atoms. The molecule has 2 atom stereocenters. The van der Waals surface area contributed by atoms with E-state index in [-0.39, 0.29) is 36.1 Å². The van der Waals surface area contributed by atoms with E-state index in [0.29, 0.717) is 5.06 Å². The van der Waals surface area contributed by atoms with Crippen molar-refractivity contribution in [2.75, 3.05) is 20.3 Å². The molecule has 0 aliphatic heterocycles. The van der Waals surface area contributed by atoms with Crippen molar-refractivity contribution < 1.29 is 29.4 Å². The summed E-state index contributed by atoms with van der Waals surface area (Å²) in [6.45, 7) is 3.35. The van der Waals surface area contributed by atoms with Gasteiger partial charge in [-0.15, -0.1) is 0 Å². The predicted molar refractivity (Wildman–Crippen MR) is 85.9 cm³/mol. The summed E-state index contributed by atoms with van der Waals surface area (Å²) in [7, 11) is 1.38. The van der Waals surface area contributed by atoms with Crippen LogP contribution in [0.25, 0.3) is 0 Å². The number of esters is 1. The quantitative estimate of drug-likeness (QED) is 0.368. The fraction of sp³-hybridized carbons (Fsp3) is 0.500. The van der Waals surface area contributed by atoms with Gasteiger partial charge >= 0.3 is 5.97 Å². The van der Waals surface area contributed by atoms with Gasteiger partial charge in [-0.25, -0.2) is 5.06 Å². The average molecular weight is 340 g/mol. The molecule has 0 aliphatic rings. The van der Waals surface area contributed by atoms with Crippen LogP contribution in [0.15, 0.2) is 18.2 Å². The van der Waals surface area contributed by atoms with E-state index < -0.39 is 17.9 Å². The molecule has 1 unspecified atom stereocenters. The second-order valence-corrected chi connectivity index (χ2v) is 5.39. The Morgan fingerprint density at radius 2 is 2.04 bits per heavy atom. The maximum atomic E-state index is 12.0. The predicted octanol–water partition coefficient (Wildman–Crippen LogP) is 1.15. The molecule has 4 N–H and O–H groups in total. The third-order valence-electron chi connectivity index (χ3n) is 3.74. The van der Waals surface area contributed by atoms with Crippen molar-refractivity contribution in [1.82, 2.24) is 5.06 Å². The van der Waals surface area contributed by atoms with E-state index in [1.54, 1.807) is 0 Å². The lowest BCUT2D eigenvalue weighted by Gasteiger charge is -2.19. The van der Waals surface area contributed by atoms with Crippen molar-refractivity contribution in [1.29, 1.82) is 0 Å². The SMILES string of the molecule is CCC(C)[C@H](N)C(=O)OCCN(O)C(=O)c1ccc(OC)c(O)c1. The van der Waals surface area contributed by atoms with Crippen LogP contribution in [-0.4, -0.2) is 53.6 Å². The molecule has 0 saturated carbocycles. The molecule has 1 aromatic carbocycles. The van der Waals surface area contributed by atoms with Crippen LogP contribution in [-0.2, 0) is 9.53 Å². The van der Waals surface area contributed by atoms with Crippen LogP contribution in [0.2, 0.25) is 0 Å². The minimum Gasteiger partial charge on any atom is -0.504 e. The molecule has 24 heavy (non-hydrogen) atoms. The van der Waals surface area contributed by atoms with Gasteiger partial charge in [0.1, 0.15) is 12.6 Å². The Kier molecular flexibility index (Phi) is 7.47. The number of nitrogens with zero attached hydrogens (tertiary/aromatic N) is 1. The lowest BCUT2D eigenvalue weighted by Crippen LogP contribution is -2.39. The first-order valence-electron chi connectivity index (χ1n) is 7.61. The smallest absolute Gasteiger partial charge is 0.323 e. The molecule has 1 amide bonds. The number of carbonyl (C=O) groups excluding carboxylic acids is 2. The van der Waals surface area contributed by atoms with Gasteiger partial charge in [-0.3, -0.25) is 14.8 Å². The van der Waals surface area contributed by atoms with Crippen molar-refractivity contribution >= 4 is 11.9 Å². The maximum absolute atomic E-state index is 12.0. The van der Waals surface area contributed by atoms with Crippen molar-refractivity contribution in [3.63, 3.8) is 0 Å². The highest BCUT2D eigenvalue weighted by Gasteiger charge is 2.22. The van der Waals surface area contributed by atoms with Crippen LogP contribution in [0.3, 0.4) is 0 Å². The fourth-order valence-corrected chi connectivity index (χ4v) is 1.89. The summed E-state index contributed by atoms with van der Waals surface area (Å²) in [4.78, 5) is 23.7. The molecule has 8 heteroatoms. The number of rotatable bonds is 8. The van der Waals surface area contributed by atoms with E-state index in [2.05, 4.69) is 0 Å². The number of hydroxylamine groups is 2. The monoisotopic (exact) mass is 340 g/mol. The van der Waals surface area contributed by atoms with E-state index in [4.69, 9.17) is 15.2 Å². The van der Waals surface area contributed by atoms with Gasteiger partial charge in [-0.05, 0) is 24.1 Å². The van der Waals surface area contributed by atoms with Crippen LogP contribution >= 0.6 is 0 Å². The summed E-state index contributed by atoms with van der Waals surface area (Å²) in [6.07, 6.45) is 0.738. The first-order valence-corrected chi connectivity index (χ1v) is 7.61. The second-order valence-electron chi connectivity index (χ2n) is 5.39. The van der Waals surface area contributed by atoms with Crippen LogP contribution < -0.4 is 10.5 Å². The number of methoxy groups -OCH3 is 1. The number of phenolic OH excluding ortho intramolecular Hbond substituents is 1. The van der Waals surface area contributed by atoms with Gasteiger partial charge in [0.15, 0.2) is 11.5 Å². The lowest BCUT2D eigenvalue weighted by molar-refractivity contribution is -0.149. The number of nitrogens with two attached hydrogens (primary N) is 1. The van der Waals surface area contributed by atoms with Gasteiger partial charge in [0.05, 0.1) is 13.7 Å². The van der Waals surface area contributed by atoms with Crippen molar-refractivity contribution in [3.05, 3.63) is 23.8 Å². The van der Waals surface area contributed by atoms with E-state index >= 15 is 0 Å². The largest absolute Gasteiger partial charge is 0.504 e. The van der Waals surface area contributed by atoms with E-state index in [0.717, 1.165) is 6.42 Å². The molecule has 134 valence electrons. The standard InChI is InChI=1S/C16H24N2O6/c1-4-10(2)14(17)16(21)24-8-7-18(22)15(20)11-5-6-13(23-3)12(19)9-11/h5-6,9-10,14,19,22H,4,7-8,17H2,1-3H3/t10?,14-/m0/s1. The molecule has 0 fully saturated rings.